The van der Waals surface area contributed by atoms with Gasteiger partial charge in [0.05, 0.1) is 25.8 Å². The molecule has 0 aliphatic heterocycles. The zero-order valence-corrected chi connectivity index (χ0v) is 9.97. The molecule has 5 heteroatoms. The molecule has 1 aromatic carbocycles. The molecule has 0 bridgehead atoms. The molecular formula is C11H13ClN2O2. The summed E-state index contributed by atoms with van der Waals surface area (Å²) in [4.78, 5) is 3.33. The van der Waals surface area contributed by atoms with Crippen LogP contribution in [-0.4, -0.2) is 20.8 Å². The lowest BCUT2D eigenvalue weighted by molar-refractivity contribution is 0.401. The smallest absolute Gasteiger partial charge is 0.249 e. The van der Waals surface area contributed by atoms with Crippen molar-refractivity contribution in [1.82, 2.24) is 0 Å². The van der Waals surface area contributed by atoms with Crippen molar-refractivity contribution in [3.8, 4) is 11.5 Å². The van der Waals surface area contributed by atoms with Gasteiger partial charge >= 0.3 is 0 Å². The molecule has 2 N–H and O–H groups in total. The lowest BCUT2D eigenvalue weighted by atomic mass is 10.1. The molecule has 86 valence electrons. The molecule has 0 atom stereocenters. The molecule has 0 amide bonds. The van der Waals surface area contributed by atoms with Crippen LogP contribution in [0.4, 0.5) is 5.69 Å². The van der Waals surface area contributed by atoms with Crippen molar-refractivity contribution in [3.05, 3.63) is 28.1 Å². The highest BCUT2D eigenvalue weighted by molar-refractivity contribution is 6.35. The van der Waals surface area contributed by atoms with Gasteiger partial charge in [0, 0.05) is 0 Å². The van der Waals surface area contributed by atoms with E-state index in [1.165, 1.54) is 14.2 Å². The quantitative estimate of drug-likeness (QED) is 0.823. The molecule has 0 spiro atoms. The van der Waals surface area contributed by atoms with Gasteiger partial charge in [0.2, 0.25) is 5.69 Å². The number of hydrogen-bond acceptors (Lipinski definition) is 3. The fraction of sp³-hybridized carbons (Fsp3) is 0.364. The molecule has 4 nitrogen and oxygen atoms in total. The van der Waals surface area contributed by atoms with E-state index < -0.39 is 0 Å². The van der Waals surface area contributed by atoms with Crippen LogP contribution in [0.5, 0.6) is 11.5 Å². The first-order valence-corrected chi connectivity index (χ1v) is 5.08. The summed E-state index contributed by atoms with van der Waals surface area (Å²) in [7, 11) is 3.01. The summed E-state index contributed by atoms with van der Waals surface area (Å²) in [5.74, 6) is 0.947. The van der Waals surface area contributed by atoms with E-state index in [0.29, 0.717) is 24.5 Å². The zero-order chi connectivity index (χ0) is 12.1. The van der Waals surface area contributed by atoms with Crippen LogP contribution in [0.3, 0.4) is 0 Å². The Kier molecular flexibility index (Phi) is 4.41. The molecule has 0 unspecified atom stereocenters. The Balaban J connectivity index is 3.42. The van der Waals surface area contributed by atoms with Crippen molar-refractivity contribution in [2.75, 3.05) is 20.8 Å². The van der Waals surface area contributed by atoms with Gasteiger partial charge in [-0.05, 0) is 24.6 Å². The third kappa shape index (κ3) is 2.21. The number of methoxy groups -OCH3 is 2. The van der Waals surface area contributed by atoms with Gasteiger partial charge in [-0.25, -0.2) is 4.85 Å². The standard InChI is InChI=1S/C11H13ClN2O2/c1-14-10-8(15-2)6-7(4-5-13)11(16-3)9(10)12/h6H,4-5,13H2,2-3H3. The van der Waals surface area contributed by atoms with E-state index in [4.69, 9.17) is 33.4 Å². The first kappa shape index (κ1) is 12.6. The highest BCUT2D eigenvalue weighted by Gasteiger charge is 2.17. The number of halogens is 1. The molecule has 1 aromatic rings. The van der Waals surface area contributed by atoms with Crippen molar-refractivity contribution in [2.24, 2.45) is 5.73 Å². The SMILES string of the molecule is [C-]#[N+]c1c(OC)cc(CCN)c(OC)c1Cl. The summed E-state index contributed by atoms with van der Waals surface area (Å²) in [6.45, 7) is 7.53. The topological polar surface area (TPSA) is 48.8 Å². The number of rotatable bonds is 4. The van der Waals surface area contributed by atoms with Crippen molar-refractivity contribution < 1.29 is 9.47 Å². The summed E-state index contributed by atoms with van der Waals surface area (Å²) >= 11 is 6.07. The second-order valence-electron chi connectivity index (χ2n) is 3.08. The van der Waals surface area contributed by atoms with Crippen LogP contribution in [0.1, 0.15) is 5.56 Å². The average Bonchev–Trinajstić information content (AvgIpc) is 2.29. The van der Waals surface area contributed by atoms with Crippen LogP contribution in [0, 0.1) is 6.57 Å². The first-order chi connectivity index (χ1) is 7.69. The van der Waals surface area contributed by atoms with Crippen molar-refractivity contribution in [1.29, 1.82) is 0 Å². The van der Waals surface area contributed by atoms with E-state index in [1.807, 2.05) is 0 Å². The van der Waals surface area contributed by atoms with E-state index in [2.05, 4.69) is 4.85 Å². The molecule has 0 radical (unpaired) electrons. The second kappa shape index (κ2) is 5.59. The molecule has 16 heavy (non-hydrogen) atoms. The third-order valence-corrected chi connectivity index (χ3v) is 2.54. The minimum atomic E-state index is 0.266. The van der Waals surface area contributed by atoms with Gasteiger partial charge in [0.25, 0.3) is 0 Å². The molecule has 0 heterocycles. The fourth-order valence-corrected chi connectivity index (χ4v) is 1.80. The third-order valence-electron chi connectivity index (χ3n) is 2.19. The minimum absolute atomic E-state index is 0.266. The van der Waals surface area contributed by atoms with Crippen LogP contribution in [0.15, 0.2) is 6.07 Å². The van der Waals surface area contributed by atoms with Gasteiger partial charge in [-0.1, -0.05) is 11.6 Å². The molecule has 0 saturated heterocycles. The van der Waals surface area contributed by atoms with Crippen LogP contribution in [0.25, 0.3) is 4.85 Å². The lowest BCUT2D eigenvalue weighted by Gasteiger charge is -2.14. The second-order valence-corrected chi connectivity index (χ2v) is 3.46. The summed E-state index contributed by atoms with van der Waals surface area (Å²) in [6.07, 6.45) is 0.623. The minimum Gasteiger partial charge on any atom is -0.508 e. The monoisotopic (exact) mass is 240 g/mol. The molecule has 0 aromatic heterocycles. The summed E-state index contributed by atoms with van der Waals surface area (Å²) in [5.41, 5.74) is 6.61. The summed E-state index contributed by atoms with van der Waals surface area (Å²) in [6, 6.07) is 1.74. The van der Waals surface area contributed by atoms with E-state index in [9.17, 15) is 0 Å². The van der Waals surface area contributed by atoms with Gasteiger partial charge in [-0.15, -0.1) is 0 Å². The Bertz CT molecular complexity index is 427. The fourth-order valence-electron chi connectivity index (χ4n) is 1.47. The predicted octanol–water partition coefficient (Wildman–Crippen LogP) is 2.41. The summed E-state index contributed by atoms with van der Waals surface area (Å²) < 4.78 is 10.3. The number of nitrogens with zero attached hydrogens (tertiary/aromatic N) is 1. The van der Waals surface area contributed by atoms with Gasteiger partial charge in [0.15, 0.2) is 0 Å². The van der Waals surface area contributed by atoms with E-state index in [-0.39, 0.29) is 10.7 Å². The lowest BCUT2D eigenvalue weighted by Crippen LogP contribution is -2.05. The van der Waals surface area contributed by atoms with Crippen LogP contribution >= 0.6 is 11.6 Å². The van der Waals surface area contributed by atoms with Gasteiger partial charge in [-0.2, -0.15) is 0 Å². The highest BCUT2D eigenvalue weighted by Crippen LogP contribution is 2.44. The van der Waals surface area contributed by atoms with Gasteiger partial charge in [0.1, 0.15) is 11.5 Å². The molecule has 0 aliphatic rings. The number of ether oxygens (including phenoxy) is 2. The molecule has 0 fully saturated rings. The Labute approximate surface area is 99.7 Å². The molecule has 1 rings (SSSR count). The first-order valence-electron chi connectivity index (χ1n) is 4.70. The molecule has 0 saturated carbocycles. The number of nitrogens with two attached hydrogens (primary N) is 1. The summed E-state index contributed by atoms with van der Waals surface area (Å²) in [5, 5.41) is 0.278. The molecule has 0 aliphatic carbocycles. The predicted molar refractivity (Wildman–Crippen MR) is 63.6 cm³/mol. The van der Waals surface area contributed by atoms with Crippen LogP contribution in [0.2, 0.25) is 5.02 Å². The Morgan fingerprint density at radius 1 is 1.44 bits per heavy atom. The highest BCUT2D eigenvalue weighted by atomic mass is 35.5. The molecular weight excluding hydrogens is 228 g/mol. The zero-order valence-electron chi connectivity index (χ0n) is 9.21. The van der Waals surface area contributed by atoms with E-state index >= 15 is 0 Å². The van der Waals surface area contributed by atoms with E-state index in [1.54, 1.807) is 6.07 Å². The number of hydrogen-bond donors (Lipinski definition) is 1. The van der Waals surface area contributed by atoms with Gasteiger partial charge < -0.3 is 15.2 Å². The number of benzene rings is 1. The normalized spacial score (nSPS) is 9.69. The van der Waals surface area contributed by atoms with Crippen LogP contribution in [-0.2, 0) is 6.42 Å². The Hall–Kier alpha value is -1.44. The van der Waals surface area contributed by atoms with Crippen molar-refractivity contribution in [3.63, 3.8) is 0 Å². The largest absolute Gasteiger partial charge is 0.508 e. The van der Waals surface area contributed by atoms with Crippen molar-refractivity contribution >= 4 is 17.3 Å². The van der Waals surface area contributed by atoms with Crippen molar-refractivity contribution in [2.45, 2.75) is 6.42 Å². The Morgan fingerprint density at radius 3 is 2.56 bits per heavy atom. The van der Waals surface area contributed by atoms with Gasteiger partial charge in [-0.3, -0.25) is 0 Å². The maximum atomic E-state index is 7.05. The average molecular weight is 241 g/mol. The maximum Gasteiger partial charge on any atom is 0.249 e. The van der Waals surface area contributed by atoms with Crippen LogP contribution < -0.4 is 15.2 Å². The maximum absolute atomic E-state index is 7.05. The van der Waals surface area contributed by atoms with E-state index in [0.717, 1.165) is 5.56 Å². The Morgan fingerprint density at radius 2 is 2.12 bits per heavy atom.